The molecular weight excluding hydrogens is 254 g/mol. The van der Waals surface area contributed by atoms with Gasteiger partial charge in [-0.3, -0.25) is 4.68 Å². The lowest BCUT2D eigenvalue weighted by Crippen LogP contribution is -1.99. The second kappa shape index (κ2) is 5.16. The second-order valence-electron chi connectivity index (χ2n) is 4.59. The van der Waals surface area contributed by atoms with Crippen molar-refractivity contribution in [2.75, 3.05) is 5.32 Å². The third kappa shape index (κ3) is 2.54. The van der Waals surface area contributed by atoms with Crippen LogP contribution in [-0.2, 0) is 13.6 Å². The fourth-order valence-electron chi connectivity index (χ4n) is 2.05. The Bertz CT molecular complexity index is 685. The number of hydrogen-bond acceptors (Lipinski definition) is 5. The van der Waals surface area contributed by atoms with Crippen molar-refractivity contribution >= 4 is 5.69 Å². The van der Waals surface area contributed by atoms with Gasteiger partial charge < -0.3 is 9.73 Å². The quantitative estimate of drug-likeness (QED) is 0.787. The van der Waals surface area contributed by atoms with Crippen LogP contribution < -0.4 is 5.32 Å². The molecule has 0 amide bonds. The Hall–Kier alpha value is -2.63. The van der Waals surface area contributed by atoms with E-state index in [0.29, 0.717) is 5.89 Å². The summed E-state index contributed by atoms with van der Waals surface area (Å²) in [6, 6.07) is 7.88. The van der Waals surface area contributed by atoms with Crippen LogP contribution in [0.4, 0.5) is 5.69 Å². The highest BCUT2D eigenvalue weighted by Gasteiger charge is 2.04. The molecule has 1 aromatic carbocycles. The van der Waals surface area contributed by atoms with Crippen LogP contribution in [0.25, 0.3) is 11.5 Å². The van der Waals surface area contributed by atoms with Gasteiger partial charge in [0.25, 0.3) is 0 Å². The summed E-state index contributed by atoms with van der Waals surface area (Å²) in [6.45, 7) is 2.76. The highest BCUT2D eigenvalue weighted by atomic mass is 16.4. The summed E-state index contributed by atoms with van der Waals surface area (Å²) < 4.78 is 6.98. The van der Waals surface area contributed by atoms with E-state index >= 15 is 0 Å². The van der Waals surface area contributed by atoms with Crippen LogP contribution in [0, 0.1) is 6.92 Å². The molecule has 0 aliphatic heterocycles. The van der Waals surface area contributed by atoms with Crippen molar-refractivity contribution in [3.63, 3.8) is 0 Å². The van der Waals surface area contributed by atoms with Gasteiger partial charge in [0.05, 0.1) is 5.69 Å². The molecule has 1 N–H and O–H groups in total. The van der Waals surface area contributed by atoms with E-state index in [1.54, 1.807) is 0 Å². The maximum Gasteiger partial charge on any atom is 0.247 e. The molecule has 0 aliphatic rings. The lowest BCUT2D eigenvalue weighted by Gasteiger charge is -2.05. The first-order valence-corrected chi connectivity index (χ1v) is 6.32. The third-order valence-electron chi connectivity index (χ3n) is 3.09. The van der Waals surface area contributed by atoms with Crippen LogP contribution >= 0.6 is 0 Å². The zero-order chi connectivity index (χ0) is 13.9. The number of anilines is 1. The van der Waals surface area contributed by atoms with Gasteiger partial charge in [-0.15, -0.1) is 10.2 Å². The van der Waals surface area contributed by atoms with E-state index in [1.165, 1.54) is 12.0 Å². The molecule has 0 unspecified atom stereocenters. The van der Waals surface area contributed by atoms with Gasteiger partial charge in [0.15, 0.2) is 0 Å². The van der Waals surface area contributed by atoms with Crippen molar-refractivity contribution < 1.29 is 4.42 Å². The van der Waals surface area contributed by atoms with Crippen molar-refractivity contribution in [3.8, 4) is 11.5 Å². The molecule has 2 aromatic heterocycles. The molecule has 20 heavy (non-hydrogen) atoms. The number of nitrogens with zero attached hydrogens (tertiary/aromatic N) is 4. The van der Waals surface area contributed by atoms with Gasteiger partial charge in [-0.05, 0) is 31.2 Å². The van der Waals surface area contributed by atoms with Crippen LogP contribution in [0.1, 0.15) is 11.3 Å². The standard InChI is InChI=1S/C14H15N5O/c1-10-12(8-19(2)18-10)7-15-13-5-3-11(4-6-13)14-17-16-9-20-14/h3-6,8-9,15H,7H2,1-2H3. The van der Waals surface area contributed by atoms with Gasteiger partial charge in [0, 0.05) is 36.6 Å². The lowest BCUT2D eigenvalue weighted by molar-refractivity contribution is 0.568. The van der Waals surface area contributed by atoms with Crippen LogP contribution in [0.5, 0.6) is 0 Å². The van der Waals surface area contributed by atoms with Crippen LogP contribution in [0.2, 0.25) is 0 Å². The Morgan fingerprint density at radius 3 is 2.65 bits per heavy atom. The fourth-order valence-corrected chi connectivity index (χ4v) is 2.05. The first-order valence-electron chi connectivity index (χ1n) is 6.32. The Kier molecular flexibility index (Phi) is 3.20. The van der Waals surface area contributed by atoms with E-state index in [-0.39, 0.29) is 0 Å². The van der Waals surface area contributed by atoms with E-state index in [1.807, 2.05) is 49.1 Å². The molecule has 3 aromatic rings. The lowest BCUT2D eigenvalue weighted by atomic mass is 10.2. The molecule has 0 aliphatic carbocycles. The minimum Gasteiger partial charge on any atom is -0.423 e. The van der Waals surface area contributed by atoms with Crippen LogP contribution in [0.3, 0.4) is 0 Å². The third-order valence-corrected chi connectivity index (χ3v) is 3.09. The molecule has 3 rings (SSSR count). The summed E-state index contributed by atoms with van der Waals surface area (Å²) in [5, 5.41) is 15.2. The first kappa shape index (κ1) is 12.4. The molecule has 2 heterocycles. The van der Waals surface area contributed by atoms with Gasteiger partial charge in [0.1, 0.15) is 0 Å². The topological polar surface area (TPSA) is 68.8 Å². The molecule has 0 saturated heterocycles. The van der Waals surface area contributed by atoms with Crippen LogP contribution in [0.15, 0.2) is 41.3 Å². The molecule has 6 heteroatoms. The summed E-state index contributed by atoms with van der Waals surface area (Å²) >= 11 is 0. The molecule has 0 saturated carbocycles. The Morgan fingerprint density at radius 1 is 1.25 bits per heavy atom. The number of benzene rings is 1. The Labute approximate surface area is 116 Å². The number of nitrogens with one attached hydrogen (secondary N) is 1. The van der Waals surface area contributed by atoms with Crippen molar-refractivity contribution in [2.45, 2.75) is 13.5 Å². The predicted molar refractivity (Wildman–Crippen MR) is 75.0 cm³/mol. The molecule has 0 bridgehead atoms. The SMILES string of the molecule is Cc1nn(C)cc1CNc1ccc(-c2nnco2)cc1. The number of rotatable bonds is 4. The summed E-state index contributed by atoms with van der Waals surface area (Å²) in [6.07, 6.45) is 3.35. The van der Waals surface area contributed by atoms with Gasteiger partial charge >= 0.3 is 0 Å². The zero-order valence-electron chi connectivity index (χ0n) is 11.4. The highest BCUT2D eigenvalue weighted by molar-refractivity contribution is 5.58. The van der Waals surface area contributed by atoms with Gasteiger partial charge in [-0.1, -0.05) is 0 Å². The maximum absolute atomic E-state index is 5.15. The summed E-state index contributed by atoms with van der Waals surface area (Å²) in [4.78, 5) is 0. The highest BCUT2D eigenvalue weighted by Crippen LogP contribution is 2.19. The summed E-state index contributed by atoms with van der Waals surface area (Å²) in [5.74, 6) is 0.527. The monoisotopic (exact) mass is 269 g/mol. The molecule has 0 radical (unpaired) electrons. The molecular formula is C14H15N5O. The predicted octanol–water partition coefficient (Wildman–Crippen LogP) is 2.39. The number of aromatic nitrogens is 4. The summed E-state index contributed by atoms with van der Waals surface area (Å²) in [7, 11) is 1.93. The zero-order valence-corrected chi connectivity index (χ0v) is 11.4. The maximum atomic E-state index is 5.15. The van der Waals surface area contributed by atoms with Crippen molar-refractivity contribution in [2.24, 2.45) is 7.05 Å². The molecule has 0 fully saturated rings. The summed E-state index contributed by atoms with van der Waals surface area (Å²) in [5.41, 5.74) is 4.18. The van der Waals surface area contributed by atoms with Gasteiger partial charge in [-0.25, -0.2) is 0 Å². The second-order valence-corrected chi connectivity index (χ2v) is 4.59. The molecule has 0 atom stereocenters. The molecule has 0 spiro atoms. The van der Waals surface area contributed by atoms with Crippen molar-refractivity contribution in [1.82, 2.24) is 20.0 Å². The van der Waals surface area contributed by atoms with E-state index in [2.05, 4.69) is 20.6 Å². The van der Waals surface area contributed by atoms with E-state index in [9.17, 15) is 0 Å². The van der Waals surface area contributed by atoms with E-state index < -0.39 is 0 Å². The van der Waals surface area contributed by atoms with Crippen LogP contribution in [-0.4, -0.2) is 20.0 Å². The van der Waals surface area contributed by atoms with Crippen molar-refractivity contribution in [1.29, 1.82) is 0 Å². The smallest absolute Gasteiger partial charge is 0.247 e. The van der Waals surface area contributed by atoms with E-state index in [0.717, 1.165) is 23.5 Å². The number of hydrogen-bond donors (Lipinski definition) is 1. The first-order chi connectivity index (χ1) is 9.72. The van der Waals surface area contributed by atoms with Crippen molar-refractivity contribution in [3.05, 3.63) is 48.1 Å². The molecule has 102 valence electrons. The average molecular weight is 269 g/mol. The number of aryl methyl sites for hydroxylation is 2. The Morgan fingerprint density at radius 2 is 2.05 bits per heavy atom. The minimum absolute atomic E-state index is 0.527. The van der Waals surface area contributed by atoms with E-state index in [4.69, 9.17) is 4.42 Å². The normalized spacial score (nSPS) is 10.7. The average Bonchev–Trinajstić information content (AvgIpc) is 3.07. The minimum atomic E-state index is 0.527. The van der Waals surface area contributed by atoms with Gasteiger partial charge in [0.2, 0.25) is 12.3 Å². The van der Waals surface area contributed by atoms with Gasteiger partial charge in [-0.2, -0.15) is 5.10 Å². The fraction of sp³-hybridized carbons (Fsp3) is 0.214. The molecule has 6 nitrogen and oxygen atoms in total. The Balaban J connectivity index is 1.68. The largest absolute Gasteiger partial charge is 0.423 e.